The summed E-state index contributed by atoms with van der Waals surface area (Å²) in [6, 6.07) is 4.11. The normalized spacial score (nSPS) is 14.0. The number of nitrogens with zero attached hydrogens (tertiary/aromatic N) is 2. The average Bonchev–Trinajstić information content (AvgIpc) is 2.68. The highest BCUT2D eigenvalue weighted by Crippen LogP contribution is 2.33. The van der Waals surface area contributed by atoms with E-state index in [0.29, 0.717) is 13.1 Å². The fraction of sp³-hybridized carbons (Fsp3) is 0.600. The molecule has 0 spiro atoms. The highest BCUT2D eigenvalue weighted by atomic mass is 16.5. The van der Waals surface area contributed by atoms with E-state index in [1.807, 2.05) is 19.9 Å². The van der Waals surface area contributed by atoms with E-state index < -0.39 is 0 Å². The van der Waals surface area contributed by atoms with E-state index in [1.165, 1.54) is 11.1 Å². The Kier molecular flexibility index (Phi) is 7.76. The maximum absolute atomic E-state index is 11.7. The molecule has 0 unspecified atom stereocenters. The van der Waals surface area contributed by atoms with Crippen LogP contribution in [0.3, 0.4) is 0 Å². The predicted octanol–water partition coefficient (Wildman–Crippen LogP) is 1.80. The minimum atomic E-state index is -0.00668. The van der Waals surface area contributed by atoms with Crippen molar-refractivity contribution in [2.24, 2.45) is 10.9 Å². The van der Waals surface area contributed by atoms with Gasteiger partial charge in [0.1, 0.15) is 0 Å². The first-order valence-corrected chi connectivity index (χ1v) is 9.54. The van der Waals surface area contributed by atoms with Crippen LogP contribution in [-0.2, 0) is 17.8 Å². The van der Waals surface area contributed by atoms with Gasteiger partial charge in [0.05, 0.1) is 20.8 Å². The largest absolute Gasteiger partial charge is 0.493 e. The summed E-state index contributed by atoms with van der Waals surface area (Å²) in [4.78, 5) is 18.6. The zero-order chi connectivity index (χ0) is 19.8. The van der Waals surface area contributed by atoms with Crippen molar-refractivity contribution in [1.29, 1.82) is 0 Å². The van der Waals surface area contributed by atoms with E-state index in [2.05, 4.69) is 33.5 Å². The number of amides is 1. The van der Waals surface area contributed by atoms with Crippen LogP contribution in [-0.4, -0.2) is 57.2 Å². The topological polar surface area (TPSA) is 75.2 Å². The predicted molar refractivity (Wildman–Crippen MR) is 107 cm³/mol. The summed E-state index contributed by atoms with van der Waals surface area (Å²) >= 11 is 0. The SMILES string of the molecule is CCNC(=NCCNC(=O)C(C)C)N1CCc2cc(OC)c(OC)cc2C1. The van der Waals surface area contributed by atoms with Crippen molar-refractivity contribution in [2.45, 2.75) is 33.7 Å². The third kappa shape index (κ3) is 5.52. The Bertz CT molecular complexity index is 673. The van der Waals surface area contributed by atoms with Crippen LogP contribution in [0.4, 0.5) is 0 Å². The number of ether oxygens (including phenoxy) is 2. The molecule has 0 radical (unpaired) electrons. The molecule has 0 saturated heterocycles. The molecule has 0 bridgehead atoms. The van der Waals surface area contributed by atoms with Crippen molar-refractivity contribution in [1.82, 2.24) is 15.5 Å². The zero-order valence-electron chi connectivity index (χ0n) is 17.1. The molecule has 7 heteroatoms. The van der Waals surface area contributed by atoms with Crippen molar-refractivity contribution < 1.29 is 14.3 Å². The first kappa shape index (κ1) is 20.9. The van der Waals surface area contributed by atoms with Crippen LogP contribution in [0.5, 0.6) is 11.5 Å². The number of guanidine groups is 1. The summed E-state index contributed by atoms with van der Waals surface area (Å²) in [5.74, 6) is 2.44. The summed E-state index contributed by atoms with van der Waals surface area (Å²) in [5.41, 5.74) is 2.50. The molecular formula is C20H32N4O3. The van der Waals surface area contributed by atoms with Gasteiger partial charge in [0.2, 0.25) is 5.91 Å². The van der Waals surface area contributed by atoms with Gasteiger partial charge in [-0.25, -0.2) is 0 Å². The van der Waals surface area contributed by atoms with Crippen LogP contribution in [0.25, 0.3) is 0 Å². The zero-order valence-corrected chi connectivity index (χ0v) is 17.1. The van der Waals surface area contributed by atoms with Gasteiger partial charge in [0, 0.05) is 32.1 Å². The fourth-order valence-electron chi connectivity index (χ4n) is 3.03. The Morgan fingerprint density at radius 1 is 1.19 bits per heavy atom. The van der Waals surface area contributed by atoms with Crippen molar-refractivity contribution in [3.63, 3.8) is 0 Å². The summed E-state index contributed by atoms with van der Waals surface area (Å²) in [6.07, 6.45) is 0.921. The Morgan fingerprint density at radius 2 is 1.85 bits per heavy atom. The number of hydrogen-bond donors (Lipinski definition) is 2. The van der Waals surface area contributed by atoms with E-state index in [0.717, 1.165) is 43.5 Å². The van der Waals surface area contributed by atoms with Crippen LogP contribution < -0.4 is 20.1 Å². The molecule has 0 fully saturated rings. The lowest BCUT2D eigenvalue weighted by Gasteiger charge is -2.32. The second kappa shape index (κ2) is 10.0. The van der Waals surface area contributed by atoms with E-state index in [9.17, 15) is 4.79 Å². The Morgan fingerprint density at radius 3 is 2.44 bits per heavy atom. The second-order valence-corrected chi connectivity index (χ2v) is 6.83. The van der Waals surface area contributed by atoms with Gasteiger partial charge < -0.3 is 25.0 Å². The molecule has 0 saturated carbocycles. The minimum Gasteiger partial charge on any atom is -0.493 e. The standard InChI is InChI=1S/C20H32N4O3/c1-6-21-20(23-9-8-22-19(25)14(2)3)24-10-7-15-11-17(26-4)18(27-5)12-16(15)13-24/h11-12,14H,6-10,13H2,1-5H3,(H,21,23)(H,22,25). The first-order valence-electron chi connectivity index (χ1n) is 9.54. The van der Waals surface area contributed by atoms with E-state index >= 15 is 0 Å². The molecule has 150 valence electrons. The smallest absolute Gasteiger partial charge is 0.222 e. The van der Waals surface area contributed by atoms with E-state index in [4.69, 9.17) is 9.47 Å². The molecule has 1 aliphatic heterocycles. The van der Waals surface area contributed by atoms with Gasteiger partial charge in [-0.1, -0.05) is 13.8 Å². The highest BCUT2D eigenvalue weighted by Gasteiger charge is 2.21. The molecule has 1 amide bonds. The number of hydrogen-bond acceptors (Lipinski definition) is 4. The van der Waals surface area contributed by atoms with Crippen LogP contribution in [0.15, 0.2) is 17.1 Å². The number of aliphatic imine (C=N–C) groups is 1. The molecule has 27 heavy (non-hydrogen) atoms. The average molecular weight is 377 g/mol. The van der Waals surface area contributed by atoms with Gasteiger partial charge in [0.25, 0.3) is 0 Å². The van der Waals surface area contributed by atoms with E-state index in [-0.39, 0.29) is 11.8 Å². The van der Waals surface area contributed by atoms with Crippen molar-refractivity contribution in [2.75, 3.05) is 40.4 Å². The minimum absolute atomic E-state index is 0.00668. The lowest BCUT2D eigenvalue weighted by atomic mass is 9.99. The third-order valence-electron chi connectivity index (χ3n) is 4.55. The number of carbonyl (C=O) groups is 1. The second-order valence-electron chi connectivity index (χ2n) is 6.83. The Hall–Kier alpha value is -2.44. The maximum Gasteiger partial charge on any atom is 0.222 e. The monoisotopic (exact) mass is 376 g/mol. The maximum atomic E-state index is 11.7. The molecule has 2 N–H and O–H groups in total. The number of nitrogens with one attached hydrogen (secondary N) is 2. The van der Waals surface area contributed by atoms with Gasteiger partial charge in [0.15, 0.2) is 17.5 Å². The molecule has 1 aliphatic rings. The molecule has 0 atom stereocenters. The molecule has 1 heterocycles. The summed E-state index contributed by atoms with van der Waals surface area (Å²) in [5, 5.41) is 6.26. The van der Waals surface area contributed by atoms with Gasteiger partial charge in [-0.05, 0) is 36.6 Å². The fourth-order valence-corrected chi connectivity index (χ4v) is 3.03. The van der Waals surface area contributed by atoms with Crippen LogP contribution in [0.1, 0.15) is 31.9 Å². The van der Waals surface area contributed by atoms with Gasteiger partial charge in [-0.3, -0.25) is 9.79 Å². The molecule has 7 nitrogen and oxygen atoms in total. The lowest BCUT2D eigenvalue weighted by Crippen LogP contribution is -2.44. The molecule has 0 aromatic heterocycles. The number of fused-ring (bicyclic) bond motifs is 1. The Labute approximate surface area is 162 Å². The quantitative estimate of drug-likeness (QED) is 0.431. The van der Waals surface area contributed by atoms with Crippen LogP contribution in [0.2, 0.25) is 0 Å². The summed E-state index contributed by atoms with van der Waals surface area (Å²) in [6.45, 7) is 9.37. The number of carbonyl (C=O) groups excluding carboxylic acids is 1. The Balaban J connectivity index is 2.06. The van der Waals surface area contributed by atoms with Crippen molar-refractivity contribution >= 4 is 11.9 Å². The number of methoxy groups -OCH3 is 2. The number of rotatable bonds is 7. The first-order chi connectivity index (χ1) is 13.0. The van der Waals surface area contributed by atoms with Crippen molar-refractivity contribution in [3.8, 4) is 11.5 Å². The summed E-state index contributed by atoms with van der Waals surface area (Å²) < 4.78 is 10.8. The number of benzene rings is 1. The van der Waals surface area contributed by atoms with Crippen molar-refractivity contribution in [3.05, 3.63) is 23.3 Å². The molecular weight excluding hydrogens is 344 g/mol. The molecule has 1 aromatic rings. The van der Waals surface area contributed by atoms with Gasteiger partial charge in [-0.2, -0.15) is 0 Å². The molecule has 2 rings (SSSR count). The summed E-state index contributed by atoms with van der Waals surface area (Å²) in [7, 11) is 3.31. The highest BCUT2D eigenvalue weighted by molar-refractivity contribution is 5.80. The third-order valence-corrected chi connectivity index (χ3v) is 4.55. The van der Waals surface area contributed by atoms with E-state index in [1.54, 1.807) is 14.2 Å². The van der Waals surface area contributed by atoms with Gasteiger partial charge in [-0.15, -0.1) is 0 Å². The lowest BCUT2D eigenvalue weighted by molar-refractivity contribution is -0.123. The molecule has 0 aliphatic carbocycles. The molecule has 1 aromatic carbocycles. The van der Waals surface area contributed by atoms with Gasteiger partial charge >= 0.3 is 0 Å². The van der Waals surface area contributed by atoms with Crippen LogP contribution >= 0.6 is 0 Å². The van der Waals surface area contributed by atoms with Crippen LogP contribution in [0, 0.1) is 5.92 Å².